The Morgan fingerprint density at radius 3 is 2.58 bits per heavy atom. The van der Waals surface area contributed by atoms with Crippen LogP contribution in [0.25, 0.3) is 0 Å². The van der Waals surface area contributed by atoms with Gasteiger partial charge in [0.25, 0.3) is 0 Å². The topological polar surface area (TPSA) is 89.2 Å². The fraction of sp³-hybridized carbons (Fsp3) is 0.379. The van der Waals surface area contributed by atoms with Crippen molar-refractivity contribution in [3.8, 4) is 6.07 Å². The minimum atomic E-state index is -0.618. The number of nitriles is 1. The number of amides is 1. The first-order chi connectivity index (χ1) is 19.0. The number of benzene rings is 2. The van der Waals surface area contributed by atoms with E-state index >= 15 is 0 Å². The summed E-state index contributed by atoms with van der Waals surface area (Å²) in [5.74, 6) is -0.126. The van der Waals surface area contributed by atoms with E-state index in [-0.39, 0.29) is 12.3 Å². The van der Waals surface area contributed by atoms with Gasteiger partial charge >= 0.3 is 0 Å². The molecule has 0 saturated heterocycles. The molecule has 0 fully saturated rings. The Balaban J connectivity index is 1.68. The smallest absolute Gasteiger partial charge is 0.226 e. The second kappa shape index (κ2) is 14.5. The first-order valence-corrected chi connectivity index (χ1v) is 14.0. The van der Waals surface area contributed by atoms with Crippen LogP contribution in [0.2, 0.25) is 10.0 Å². The highest BCUT2D eigenvalue weighted by molar-refractivity contribution is 7.80. The molecule has 0 saturated carbocycles. The monoisotopic (exact) mass is 599 g/mol. The molecular weight excluding hydrogens is 565 g/mol. The molecule has 0 radical (unpaired) electrons. The lowest BCUT2D eigenvalue weighted by molar-refractivity contribution is -0.122. The largest absolute Gasteiger partial charge is 0.361 e. The van der Waals surface area contributed by atoms with Crippen LogP contribution in [0.4, 0.5) is 0 Å². The van der Waals surface area contributed by atoms with Crippen LogP contribution in [0, 0.1) is 11.3 Å². The predicted molar refractivity (Wildman–Crippen MR) is 164 cm³/mol. The number of imidazole rings is 1. The molecule has 2 N–H and O–H groups in total. The van der Waals surface area contributed by atoms with Gasteiger partial charge in [0.2, 0.25) is 5.91 Å². The van der Waals surface area contributed by atoms with Gasteiger partial charge < -0.3 is 25.0 Å². The minimum absolute atomic E-state index is 0.126. The SMILES string of the molecule is CN(C)CCNC(=S)N(Cc1cccc(Cl)c1Cl)CC(C)(C)NC(=O)Cc1cncn1Cc1ccc(C#N)cc1. The Morgan fingerprint density at radius 1 is 1.18 bits per heavy atom. The van der Waals surface area contributed by atoms with Gasteiger partial charge in [-0.05, 0) is 69.5 Å². The van der Waals surface area contributed by atoms with Gasteiger partial charge in [-0.3, -0.25) is 4.79 Å². The molecule has 11 heteroatoms. The van der Waals surface area contributed by atoms with Gasteiger partial charge in [-0.25, -0.2) is 4.98 Å². The number of aromatic nitrogens is 2. The number of hydrogen-bond donors (Lipinski definition) is 2. The molecule has 40 heavy (non-hydrogen) atoms. The molecule has 1 heterocycles. The Labute approximate surface area is 251 Å². The number of rotatable bonds is 12. The van der Waals surface area contributed by atoms with Crippen molar-refractivity contribution in [3.63, 3.8) is 0 Å². The maximum absolute atomic E-state index is 13.2. The fourth-order valence-electron chi connectivity index (χ4n) is 4.20. The van der Waals surface area contributed by atoms with E-state index in [1.807, 2.05) is 61.7 Å². The van der Waals surface area contributed by atoms with Crippen LogP contribution in [0.1, 0.15) is 36.2 Å². The lowest BCUT2D eigenvalue weighted by atomic mass is 10.0. The lowest BCUT2D eigenvalue weighted by Gasteiger charge is -2.35. The molecule has 0 unspecified atom stereocenters. The van der Waals surface area contributed by atoms with Crippen molar-refractivity contribution in [1.82, 2.24) is 30.0 Å². The Bertz CT molecular complexity index is 1350. The molecular formula is C29H35Cl2N7OS. The molecule has 0 atom stereocenters. The summed E-state index contributed by atoms with van der Waals surface area (Å²) in [5.41, 5.74) is 2.65. The minimum Gasteiger partial charge on any atom is -0.361 e. The summed E-state index contributed by atoms with van der Waals surface area (Å²) in [5, 5.41) is 17.0. The number of likely N-dealkylation sites (N-methyl/N-ethyl adjacent to an activating group) is 1. The van der Waals surface area contributed by atoms with Crippen LogP contribution in [0.5, 0.6) is 0 Å². The van der Waals surface area contributed by atoms with Crippen molar-refractivity contribution in [2.75, 3.05) is 33.7 Å². The molecule has 8 nitrogen and oxygen atoms in total. The van der Waals surface area contributed by atoms with Gasteiger partial charge in [0, 0.05) is 44.6 Å². The van der Waals surface area contributed by atoms with E-state index in [0.29, 0.717) is 46.9 Å². The first-order valence-electron chi connectivity index (χ1n) is 12.9. The number of thiocarbonyl (C=S) groups is 1. The lowest BCUT2D eigenvalue weighted by Crippen LogP contribution is -2.55. The third-order valence-corrected chi connectivity index (χ3v) is 7.42. The number of hydrogen-bond acceptors (Lipinski definition) is 5. The number of halogens is 2. The average molecular weight is 601 g/mol. The summed E-state index contributed by atoms with van der Waals surface area (Å²) in [6, 6.07) is 15.0. The standard InChI is InChI=1S/C29H35Cl2N7OS/c1-29(2,19-37(28(40)34-12-13-36(3)4)18-23-6-5-7-25(30)27(23)31)35-26(39)14-24-16-33-20-38(24)17-22-10-8-21(15-32)9-11-22/h5-11,16,20H,12-14,17-19H2,1-4H3,(H,34,40)(H,35,39). The van der Waals surface area contributed by atoms with E-state index < -0.39 is 5.54 Å². The third kappa shape index (κ3) is 9.49. The van der Waals surface area contributed by atoms with E-state index in [4.69, 9.17) is 40.7 Å². The number of carbonyl (C=O) groups is 1. The molecule has 1 aromatic heterocycles. The summed E-state index contributed by atoms with van der Waals surface area (Å²) >= 11 is 18.5. The van der Waals surface area contributed by atoms with Crippen LogP contribution >= 0.6 is 35.4 Å². The van der Waals surface area contributed by atoms with Gasteiger partial charge in [-0.15, -0.1) is 0 Å². The van der Waals surface area contributed by atoms with Crippen molar-refractivity contribution >= 4 is 46.4 Å². The highest BCUT2D eigenvalue weighted by atomic mass is 35.5. The number of nitrogens with one attached hydrogen (secondary N) is 2. The van der Waals surface area contributed by atoms with Crippen molar-refractivity contribution in [2.45, 2.75) is 38.9 Å². The first kappa shape index (κ1) is 31.4. The quantitative estimate of drug-likeness (QED) is 0.297. The van der Waals surface area contributed by atoms with Gasteiger partial charge in [0.15, 0.2) is 5.11 Å². The third-order valence-electron chi connectivity index (χ3n) is 6.16. The summed E-state index contributed by atoms with van der Waals surface area (Å²) < 4.78 is 1.94. The molecule has 1 amide bonds. The second-order valence-corrected chi connectivity index (χ2v) is 11.7. The molecule has 3 aromatic rings. The van der Waals surface area contributed by atoms with E-state index in [9.17, 15) is 4.79 Å². The molecule has 212 valence electrons. The van der Waals surface area contributed by atoms with E-state index in [0.717, 1.165) is 23.4 Å². The highest BCUT2D eigenvalue weighted by Crippen LogP contribution is 2.27. The summed E-state index contributed by atoms with van der Waals surface area (Å²) in [4.78, 5) is 21.5. The Morgan fingerprint density at radius 2 is 1.90 bits per heavy atom. The van der Waals surface area contributed by atoms with Crippen LogP contribution in [-0.4, -0.2) is 69.6 Å². The normalized spacial score (nSPS) is 11.2. The predicted octanol–water partition coefficient (Wildman–Crippen LogP) is 4.49. The maximum Gasteiger partial charge on any atom is 0.226 e. The van der Waals surface area contributed by atoms with Crippen LogP contribution in [0.15, 0.2) is 55.0 Å². The zero-order valence-corrected chi connectivity index (χ0v) is 25.6. The highest BCUT2D eigenvalue weighted by Gasteiger charge is 2.26. The van der Waals surface area contributed by atoms with Crippen molar-refractivity contribution in [3.05, 3.63) is 87.4 Å². The maximum atomic E-state index is 13.2. The van der Waals surface area contributed by atoms with Crippen molar-refractivity contribution in [1.29, 1.82) is 5.26 Å². The van der Waals surface area contributed by atoms with Crippen LogP contribution < -0.4 is 10.6 Å². The molecule has 0 bridgehead atoms. The molecule has 3 rings (SSSR count). The van der Waals surface area contributed by atoms with Crippen molar-refractivity contribution < 1.29 is 4.79 Å². The number of nitrogens with zero attached hydrogens (tertiary/aromatic N) is 5. The second-order valence-electron chi connectivity index (χ2n) is 10.5. The van der Waals surface area contributed by atoms with Gasteiger partial charge in [-0.2, -0.15) is 5.26 Å². The van der Waals surface area contributed by atoms with Gasteiger partial charge in [0.1, 0.15) is 0 Å². The Kier molecular flexibility index (Phi) is 11.3. The van der Waals surface area contributed by atoms with E-state index in [1.165, 1.54) is 0 Å². The molecule has 0 aliphatic carbocycles. The van der Waals surface area contributed by atoms with E-state index in [1.54, 1.807) is 30.7 Å². The van der Waals surface area contributed by atoms with E-state index in [2.05, 4.69) is 26.6 Å². The van der Waals surface area contributed by atoms with Crippen LogP contribution in [-0.2, 0) is 24.3 Å². The van der Waals surface area contributed by atoms with Gasteiger partial charge in [0.05, 0.1) is 40.0 Å². The fourth-order valence-corrected chi connectivity index (χ4v) is 4.81. The van der Waals surface area contributed by atoms with Crippen molar-refractivity contribution in [2.24, 2.45) is 0 Å². The van der Waals surface area contributed by atoms with Crippen LogP contribution in [0.3, 0.4) is 0 Å². The average Bonchev–Trinajstić information content (AvgIpc) is 3.31. The molecule has 2 aromatic carbocycles. The number of carbonyl (C=O) groups excluding carboxylic acids is 1. The molecule has 0 aliphatic heterocycles. The summed E-state index contributed by atoms with van der Waals surface area (Å²) in [6.45, 7) is 6.87. The Hall–Kier alpha value is -3.16. The zero-order valence-electron chi connectivity index (χ0n) is 23.2. The molecule has 0 spiro atoms. The zero-order chi connectivity index (χ0) is 29.3. The summed E-state index contributed by atoms with van der Waals surface area (Å²) in [6.07, 6.45) is 3.58. The molecule has 0 aliphatic rings. The summed E-state index contributed by atoms with van der Waals surface area (Å²) in [7, 11) is 4.01. The van der Waals surface area contributed by atoms with Gasteiger partial charge in [-0.1, -0.05) is 47.5 Å².